The first-order chi connectivity index (χ1) is 9.16. The van der Waals surface area contributed by atoms with Crippen LogP contribution in [0.2, 0.25) is 0 Å². The van der Waals surface area contributed by atoms with Crippen LogP contribution in [0.5, 0.6) is 0 Å². The van der Waals surface area contributed by atoms with Crippen molar-refractivity contribution in [3.8, 4) is 0 Å². The van der Waals surface area contributed by atoms with E-state index in [0.717, 1.165) is 31.3 Å². The predicted molar refractivity (Wildman–Crippen MR) is 82.9 cm³/mol. The first-order valence-corrected chi connectivity index (χ1v) is 8.21. The highest BCUT2D eigenvalue weighted by molar-refractivity contribution is 7.99. The molecule has 1 aliphatic rings. The van der Waals surface area contributed by atoms with Crippen LogP contribution in [0.25, 0.3) is 0 Å². The van der Waals surface area contributed by atoms with E-state index in [9.17, 15) is 0 Å². The third kappa shape index (κ3) is 4.35. The van der Waals surface area contributed by atoms with E-state index in [-0.39, 0.29) is 0 Å². The molecule has 0 aliphatic carbocycles. The van der Waals surface area contributed by atoms with Gasteiger partial charge in [-0.1, -0.05) is 13.8 Å². The maximum absolute atomic E-state index is 4.68. The fourth-order valence-corrected chi connectivity index (χ4v) is 2.95. The summed E-state index contributed by atoms with van der Waals surface area (Å²) in [5.41, 5.74) is 2.29. The van der Waals surface area contributed by atoms with E-state index < -0.39 is 0 Å². The normalized spacial score (nSPS) is 16.7. The zero-order valence-electron chi connectivity index (χ0n) is 12.1. The van der Waals surface area contributed by atoms with Gasteiger partial charge in [0.1, 0.15) is 0 Å². The van der Waals surface area contributed by atoms with E-state index in [1.54, 1.807) is 0 Å². The van der Waals surface area contributed by atoms with Gasteiger partial charge in [0.15, 0.2) is 0 Å². The highest BCUT2D eigenvalue weighted by atomic mass is 32.2. The lowest BCUT2D eigenvalue weighted by molar-refractivity contribution is 0.584. The Balaban J connectivity index is 2.04. The molecular formula is C14H24N4S. The quantitative estimate of drug-likeness (QED) is 0.916. The van der Waals surface area contributed by atoms with Gasteiger partial charge in [-0.15, -0.1) is 0 Å². The van der Waals surface area contributed by atoms with Gasteiger partial charge in [-0.05, 0) is 19.1 Å². The van der Waals surface area contributed by atoms with Gasteiger partial charge < -0.3 is 10.2 Å². The minimum atomic E-state index is 0.488. The summed E-state index contributed by atoms with van der Waals surface area (Å²) < 4.78 is 0. The number of aryl methyl sites for hydroxylation is 1. The second-order valence-electron chi connectivity index (χ2n) is 5.27. The third-order valence-corrected chi connectivity index (χ3v) is 4.32. The number of anilines is 1. The van der Waals surface area contributed by atoms with Crippen molar-refractivity contribution in [1.29, 1.82) is 0 Å². The number of rotatable bonds is 4. The number of hydrogen-bond acceptors (Lipinski definition) is 5. The van der Waals surface area contributed by atoms with E-state index in [2.05, 4.69) is 41.0 Å². The van der Waals surface area contributed by atoms with Crippen molar-refractivity contribution in [3.63, 3.8) is 0 Å². The largest absolute Gasteiger partial charge is 0.340 e. The molecule has 1 N–H and O–H groups in total. The fraction of sp³-hybridized carbons (Fsp3) is 0.714. The summed E-state index contributed by atoms with van der Waals surface area (Å²) in [7, 11) is 0. The fourth-order valence-electron chi connectivity index (χ4n) is 2.07. The molecule has 4 nitrogen and oxygen atoms in total. The van der Waals surface area contributed by atoms with Crippen LogP contribution in [0, 0.1) is 6.92 Å². The van der Waals surface area contributed by atoms with Gasteiger partial charge in [0, 0.05) is 48.9 Å². The van der Waals surface area contributed by atoms with Gasteiger partial charge in [-0.3, -0.25) is 0 Å². The van der Waals surface area contributed by atoms with Crippen LogP contribution in [-0.2, 0) is 6.54 Å². The lowest BCUT2D eigenvalue weighted by Crippen LogP contribution is -2.28. The molecule has 0 unspecified atom stereocenters. The molecule has 1 saturated heterocycles. The van der Waals surface area contributed by atoms with Crippen molar-refractivity contribution < 1.29 is 0 Å². The van der Waals surface area contributed by atoms with Gasteiger partial charge in [0.25, 0.3) is 0 Å². The number of thioether (sulfide) groups is 1. The molecule has 0 spiro atoms. The summed E-state index contributed by atoms with van der Waals surface area (Å²) in [4.78, 5) is 11.5. The van der Waals surface area contributed by atoms with Crippen molar-refractivity contribution >= 4 is 17.7 Å². The Morgan fingerprint density at radius 1 is 1.37 bits per heavy atom. The standard InChI is InChI=1S/C14H24N4S/c1-11(2)15-9-13-10-16-14(17-12(13)3)18-5-4-7-19-8-6-18/h10-11,15H,4-9H2,1-3H3. The molecule has 0 amide bonds. The van der Waals surface area contributed by atoms with Gasteiger partial charge in [-0.25, -0.2) is 9.97 Å². The molecule has 0 saturated carbocycles. The van der Waals surface area contributed by atoms with Crippen LogP contribution in [-0.4, -0.2) is 40.6 Å². The second kappa shape index (κ2) is 7.10. The lowest BCUT2D eigenvalue weighted by atomic mass is 10.2. The van der Waals surface area contributed by atoms with Crippen LogP contribution in [0.15, 0.2) is 6.20 Å². The molecule has 1 aliphatic heterocycles. The van der Waals surface area contributed by atoms with Gasteiger partial charge in [-0.2, -0.15) is 11.8 Å². The number of hydrogen-bond donors (Lipinski definition) is 1. The Morgan fingerprint density at radius 3 is 2.95 bits per heavy atom. The van der Waals surface area contributed by atoms with Gasteiger partial charge in [0.05, 0.1) is 0 Å². The summed E-state index contributed by atoms with van der Waals surface area (Å²) in [5.74, 6) is 3.33. The summed E-state index contributed by atoms with van der Waals surface area (Å²) in [6.07, 6.45) is 3.20. The molecule has 1 fully saturated rings. The van der Waals surface area contributed by atoms with Crippen molar-refractivity contribution in [1.82, 2.24) is 15.3 Å². The SMILES string of the molecule is Cc1nc(N2CCCSCC2)ncc1CNC(C)C. The van der Waals surface area contributed by atoms with Crippen molar-refractivity contribution in [2.24, 2.45) is 0 Å². The Kier molecular flexibility index (Phi) is 5.45. The molecule has 1 aromatic rings. The predicted octanol–water partition coefficient (Wildman–Crippen LogP) is 2.23. The molecule has 0 atom stereocenters. The molecule has 0 aromatic carbocycles. The second-order valence-corrected chi connectivity index (χ2v) is 6.49. The summed E-state index contributed by atoms with van der Waals surface area (Å²) in [5, 5.41) is 3.41. The van der Waals surface area contributed by atoms with E-state index >= 15 is 0 Å². The number of nitrogens with one attached hydrogen (secondary N) is 1. The highest BCUT2D eigenvalue weighted by Crippen LogP contribution is 2.16. The minimum absolute atomic E-state index is 0.488. The van der Waals surface area contributed by atoms with Crippen LogP contribution in [0.1, 0.15) is 31.5 Å². The third-order valence-electron chi connectivity index (χ3n) is 3.27. The smallest absolute Gasteiger partial charge is 0.225 e. The minimum Gasteiger partial charge on any atom is -0.340 e. The van der Waals surface area contributed by atoms with E-state index in [1.165, 1.54) is 23.5 Å². The summed E-state index contributed by atoms with van der Waals surface area (Å²) in [6.45, 7) is 9.37. The van der Waals surface area contributed by atoms with E-state index in [4.69, 9.17) is 0 Å². The van der Waals surface area contributed by atoms with Crippen molar-refractivity contribution in [3.05, 3.63) is 17.5 Å². The molecule has 19 heavy (non-hydrogen) atoms. The Hall–Kier alpha value is -0.810. The average molecular weight is 280 g/mol. The zero-order valence-corrected chi connectivity index (χ0v) is 13.0. The topological polar surface area (TPSA) is 41.1 Å². The number of nitrogens with zero attached hydrogens (tertiary/aromatic N) is 3. The van der Waals surface area contributed by atoms with Crippen LogP contribution in [0.3, 0.4) is 0 Å². The van der Waals surface area contributed by atoms with Crippen LogP contribution < -0.4 is 10.2 Å². The number of aromatic nitrogens is 2. The molecule has 0 radical (unpaired) electrons. The molecule has 2 heterocycles. The van der Waals surface area contributed by atoms with Crippen molar-refractivity contribution in [2.45, 2.75) is 39.8 Å². The highest BCUT2D eigenvalue weighted by Gasteiger charge is 2.13. The summed E-state index contributed by atoms with van der Waals surface area (Å²) in [6, 6.07) is 0.488. The van der Waals surface area contributed by atoms with Crippen LogP contribution >= 0.6 is 11.8 Å². The Labute approximate surface area is 120 Å². The van der Waals surface area contributed by atoms with E-state index in [1.807, 2.05) is 18.0 Å². The molecular weight excluding hydrogens is 256 g/mol. The average Bonchev–Trinajstić information content (AvgIpc) is 2.66. The van der Waals surface area contributed by atoms with Crippen molar-refractivity contribution in [2.75, 3.05) is 29.5 Å². The van der Waals surface area contributed by atoms with Gasteiger partial charge >= 0.3 is 0 Å². The lowest BCUT2D eigenvalue weighted by Gasteiger charge is -2.20. The van der Waals surface area contributed by atoms with E-state index in [0.29, 0.717) is 6.04 Å². The van der Waals surface area contributed by atoms with Crippen LogP contribution in [0.4, 0.5) is 5.95 Å². The molecule has 106 valence electrons. The molecule has 5 heteroatoms. The maximum Gasteiger partial charge on any atom is 0.225 e. The monoisotopic (exact) mass is 280 g/mol. The molecule has 0 bridgehead atoms. The first kappa shape index (κ1) is 14.6. The zero-order chi connectivity index (χ0) is 13.7. The maximum atomic E-state index is 4.68. The summed E-state index contributed by atoms with van der Waals surface area (Å²) >= 11 is 2.03. The Bertz CT molecular complexity index is 400. The molecule has 2 rings (SSSR count). The Morgan fingerprint density at radius 2 is 2.21 bits per heavy atom. The first-order valence-electron chi connectivity index (χ1n) is 7.05. The van der Waals surface area contributed by atoms with Gasteiger partial charge in [0.2, 0.25) is 5.95 Å². The molecule has 1 aromatic heterocycles.